The van der Waals surface area contributed by atoms with Gasteiger partial charge in [-0.2, -0.15) is 10.2 Å². The molecule has 3 rings (SSSR count). The molecule has 0 radical (unpaired) electrons. The summed E-state index contributed by atoms with van der Waals surface area (Å²) in [6.45, 7) is 2.66. The van der Waals surface area contributed by atoms with Gasteiger partial charge in [-0.05, 0) is 30.0 Å². The van der Waals surface area contributed by atoms with Crippen molar-refractivity contribution in [2.45, 2.75) is 13.5 Å². The van der Waals surface area contributed by atoms with E-state index in [1.807, 2.05) is 12.1 Å². The zero-order valence-electron chi connectivity index (χ0n) is 9.79. The molecular weight excluding hydrogens is 246 g/mol. The largest absolute Gasteiger partial charge is 0.363 e. The predicted octanol–water partition coefficient (Wildman–Crippen LogP) is 2.40. The standard InChI is InChI=1S/C12H11N5S/c1-8-6-18-11-10(8)14-7-15-12(11)13-5-9-3-2-4-16-17-9/h2-4,6-7H,5H2,1H3,(H,13,14,15). The molecule has 3 aromatic rings. The maximum Gasteiger partial charge on any atom is 0.147 e. The summed E-state index contributed by atoms with van der Waals surface area (Å²) in [4.78, 5) is 8.56. The van der Waals surface area contributed by atoms with Gasteiger partial charge in [0.15, 0.2) is 0 Å². The molecule has 0 saturated heterocycles. The Morgan fingerprint density at radius 1 is 1.33 bits per heavy atom. The third-order valence-electron chi connectivity index (χ3n) is 2.60. The van der Waals surface area contributed by atoms with Gasteiger partial charge in [-0.3, -0.25) is 0 Å². The van der Waals surface area contributed by atoms with E-state index in [9.17, 15) is 0 Å². The normalized spacial score (nSPS) is 10.7. The molecule has 1 N–H and O–H groups in total. The van der Waals surface area contributed by atoms with Gasteiger partial charge in [-0.1, -0.05) is 0 Å². The maximum atomic E-state index is 4.29. The third-order valence-corrected chi connectivity index (χ3v) is 3.69. The number of nitrogens with zero attached hydrogens (tertiary/aromatic N) is 4. The van der Waals surface area contributed by atoms with E-state index in [-0.39, 0.29) is 0 Å². The molecule has 0 aliphatic carbocycles. The highest BCUT2D eigenvalue weighted by Gasteiger charge is 2.07. The van der Waals surface area contributed by atoms with Crippen LogP contribution in [0, 0.1) is 6.92 Å². The minimum Gasteiger partial charge on any atom is -0.363 e. The van der Waals surface area contributed by atoms with Gasteiger partial charge in [0.05, 0.1) is 22.5 Å². The molecule has 0 saturated carbocycles. The van der Waals surface area contributed by atoms with E-state index in [0.29, 0.717) is 6.54 Å². The fraction of sp³-hybridized carbons (Fsp3) is 0.167. The molecule has 0 fully saturated rings. The van der Waals surface area contributed by atoms with Crippen LogP contribution in [0.2, 0.25) is 0 Å². The molecule has 0 aromatic carbocycles. The molecule has 0 atom stereocenters. The number of aryl methyl sites for hydroxylation is 1. The van der Waals surface area contributed by atoms with Crippen molar-refractivity contribution in [1.29, 1.82) is 0 Å². The Morgan fingerprint density at radius 2 is 2.28 bits per heavy atom. The van der Waals surface area contributed by atoms with Crippen LogP contribution in [0.3, 0.4) is 0 Å². The molecule has 0 aliphatic heterocycles. The quantitative estimate of drug-likeness (QED) is 0.780. The first-order chi connectivity index (χ1) is 8.84. The van der Waals surface area contributed by atoms with E-state index in [0.717, 1.165) is 21.7 Å². The minimum atomic E-state index is 0.608. The van der Waals surface area contributed by atoms with Crippen LogP contribution in [0.25, 0.3) is 10.2 Å². The Balaban J connectivity index is 1.87. The Hall–Kier alpha value is -2.08. The van der Waals surface area contributed by atoms with Gasteiger partial charge in [0.25, 0.3) is 0 Å². The summed E-state index contributed by atoms with van der Waals surface area (Å²) >= 11 is 1.65. The molecule has 6 heteroatoms. The topological polar surface area (TPSA) is 63.6 Å². The number of hydrogen-bond acceptors (Lipinski definition) is 6. The fourth-order valence-corrected chi connectivity index (χ4v) is 2.67. The number of anilines is 1. The molecule has 90 valence electrons. The van der Waals surface area contributed by atoms with Crippen LogP contribution >= 0.6 is 11.3 Å². The van der Waals surface area contributed by atoms with Gasteiger partial charge < -0.3 is 5.32 Å². The lowest BCUT2D eigenvalue weighted by molar-refractivity contribution is 0.921. The Bertz CT molecular complexity index is 665. The summed E-state index contributed by atoms with van der Waals surface area (Å²) in [5, 5.41) is 13.2. The van der Waals surface area contributed by atoms with E-state index in [1.165, 1.54) is 5.56 Å². The summed E-state index contributed by atoms with van der Waals surface area (Å²) in [5.74, 6) is 0.851. The number of rotatable bonds is 3. The van der Waals surface area contributed by atoms with Gasteiger partial charge in [0.1, 0.15) is 12.1 Å². The van der Waals surface area contributed by atoms with Crippen LogP contribution in [0.5, 0.6) is 0 Å². The summed E-state index contributed by atoms with van der Waals surface area (Å²) in [7, 11) is 0. The average Bonchev–Trinajstić information content (AvgIpc) is 2.80. The van der Waals surface area contributed by atoms with Crippen LogP contribution in [-0.4, -0.2) is 20.2 Å². The number of fused-ring (bicyclic) bond motifs is 1. The van der Waals surface area contributed by atoms with E-state index in [4.69, 9.17) is 0 Å². The van der Waals surface area contributed by atoms with Crippen LogP contribution in [0.1, 0.15) is 11.3 Å². The first kappa shape index (κ1) is 11.0. The Labute approximate surface area is 108 Å². The molecule has 0 aliphatic rings. The SMILES string of the molecule is Cc1csc2c(NCc3cccnn3)ncnc12. The highest BCUT2D eigenvalue weighted by atomic mass is 32.1. The molecular formula is C12H11N5S. The molecule has 0 unspecified atom stereocenters. The van der Waals surface area contributed by atoms with E-state index >= 15 is 0 Å². The van der Waals surface area contributed by atoms with Gasteiger partial charge in [-0.15, -0.1) is 11.3 Å². The Kier molecular flexibility index (Phi) is 2.85. The van der Waals surface area contributed by atoms with Crippen molar-refractivity contribution in [3.8, 4) is 0 Å². The van der Waals surface area contributed by atoms with Crippen molar-refractivity contribution in [2.24, 2.45) is 0 Å². The highest BCUT2D eigenvalue weighted by Crippen LogP contribution is 2.28. The second-order valence-electron chi connectivity index (χ2n) is 3.89. The van der Waals surface area contributed by atoms with E-state index in [2.05, 4.69) is 37.8 Å². The number of aromatic nitrogens is 4. The van der Waals surface area contributed by atoms with Crippen molar-refractivity contribution in [1.82, 2.24) is 20.2 Å². The monoisotopic (exact) mass is 257 g/mol. The zero-order chi connectivity index (χ0) is 12.4. The van der Waals surface area contributed by atoms with Gasteiger partial charge in [-0.25, -0.2) is 9.97 Å². The van der Waals surface area contributed by atoms with Crippen molar-refractivity contribution < 1.29 is 0 Å². The van der Waals surface area contributed by atoms with Crippen LogP contribution in [0.4, 0.5) is 5.82 Å². The second kappa shape index (κ2) is 4.66. The van der Waals surface area contributed by atoms with Gasteiger partial charge >= 0.3 is 0 Å². The van der Waals surface area contributed by atoms with Gasteiger partial charge in [0, 0.05) is 6.20 Å². The lowest BCUT2D eigenvalue weighted by Crippen LogP contribution is -2.04. The molecule has 0 bridgehead atoms. The average molecular weight is 257 g/mol. The first-order valence-electron chi connectivity index (χ1n) is 5.54. The molecule has 18 heavy (non-hydrogen) atoms. The van der Waals surface area contributed by atoms with E-state index in [1.54, 1.807) is 23.9 Å². The van der Waals surface area contributed by atoms with Crippen LogP contribution in [-0.2, 0) is 6.54 Å². The number of hydrogen-bond donors (Lipinski definition) is 1. The smallest absolute Gasteiger partial charge is 0.147 e. The van der Waals surface area contributed by atoms with Crippen molar-refractivity contribution in [2.75, 3.05) is 5.32 Å². The van der Waals surface area contributed by atoms with Gasteiger partial charge in [0.2, 0.25) is 0 Å². The fourth-order valence-electron chi connectivity index (χ4n) is 1.70. The van der Waals surface area contributed by atoms with Crippen molar-refractivity contribution in [3.63, 3.8) is 0 Å². The summed E-state index contributed by atoms with van der Waals surface area (Å²) in [6, 6.07) is 3.80. The number of nitrogens with one attached hydrogen (secondary N) is 1. The third kappa shape index (κ3) is 2.02. The maximum absolute atomic E-state index is 4.29. The summed E-state index contributed by atoms with van der Waals surface area (Å²) in [6.07, 6.45) is 3.25. The van der Waals surface area contributed by atoms with Crippen molar-refractivity contribution >= 4 is 27.4 Å². The zero-order valence-corrected chi connectivity index (χ0v) is 10.6. The Morgan fingerprint density at radius 3 is 3.11 bits per heavy atom. The molecule has 0 amide bonds. The highest BCUT2D eigenvalue weighted by molar-refractivity contribution is 7.18. The summed E-state index contributed by atoms with van der Waals surface area (Å²) < 4.78 is 1.08. The lowest BCUT2D eigenvalue weighted by Gasteiger charge is -2.04. The van der Waals surface area contributed by atoms with E-state index < -0.39 is 0 Å². The minimum absolute atomic E-state index is 0.608. The predicted molar refractivity (Wildman–Crippen MR) is 71.5 cm³/mol. The molecule has 5 nitrogen and oxygen atoms in total. The first-order valence-corrected chi connectivity index (χ1v) is 6.42. The van der Waals surface area contributed by atoms with Crippen molar-refractivity contribution in [3.05, 3.63) is 41.3 Å². The lowest BCUT2D eigenvalue weighted by atomic mass is 10.3. The second-order valence-corrected chi connectivity index (χ2v) is 4.77. The molecule has 3 aromatic heterocycles. The van der Waals surface area contributed by atoms with Crippen LogP contribution < -0.4 is 5.32 Å². The molecule has 0 spiro atoms. The molecule has 3 heterocycles. The van der Waals surface area contributed by atoms with Crippen LogP contribution in [0.15, 0.2) is 30.0 Å². The summed E-state index contributed by atoms with van der Waals surface area (Å²) in [5.41, 5.74) is 3.08. The number of thiophene rings is 1.